The number of ether oxygens (including phenoxy) is 1. The van der Waals surface area contributed by atoms with Crippen molar-refractivity contribution < 1.29 is 4.74 Å². The molecule has 0 spiro atoms. The van der Waals surface area contributed by atoms with Crippen LogP contribution in [0.15, 0.2) is 0 Å². The van der Waals surface area contributed by atoms with Crippen LogP contribution in [0, 0.1) is 0 Å². The molecule has 0 N–H and O–H groups in total. The average molecular weight is 351 g/mol. The highest BCUT2D eigenvalue weighted by Gasteiger charge is 2.28. The van der Waals surface area contributed by atoms with Crippen molar-refractivity contribution in [3.8, 4) is 0 Å². The molecule has 0 aliphatic carbocycles. The monoisotopic (exact) mass is 348 g/mol. The molecular formula is C9H14Cl6O. The summed E-state index contributed by atoms with van der Waals surface area (Å²) in [4.78, 5) is 0. The van der Waals surface area contributed by atoms with Gasteiger partial charge < -0.3 is 4.74 Å². The van der Waals surface area contributed by atoms with E-state index >= 15 is 0 Å². The minimum atomic E-state index is -0.476. The summed E-state index contributed by atoms with van der Waals surface area (Å²) >= 11 is 35.2. The van der Waals surface area contributed by atoms with Crippen molar-refractivity contribution >= 4 is 69.6 Å². The van der Waals surface area contributed by atoms with Gasteiger partial charge in [0.05, 0.1) is 22.7 Å². The Morgan fingerprint density at radius 3 is 2.00 bits per heavy atom. The summed E-state index contributed by atoms with van der Waals surface area (Å²) < 4.78 is 5.26. The van der Waals surface area contributed by atoms with Gasteiger partial charge in [0.25, 0.3) is 0 Å². The lowest BCUT2D eigenvalue weighted by molar-refractivity contribution is 0.105. The lowest BCUT2D eigenvalue weighted by atomic mass is 10.2. The summed E-state index contributed by atoms with van der Waals surface area (Å²) in [5.74, 6) is 0.433. The summed E-state index contributed by atoms with van der Waals surface area (Å²) in [6, 6.07) is 0. The van der Waals surface area contributed by atoms with E-state index in [-0.39, 0.29) is 12.0 Å². The summed E-state index contributed by atoms with van der Waals surface area (Å²) in [6.07, 6.45) is 0.551. The minimum absolute atomic E-state index is 0.216. The Hall–Kier alpha value is 1.70. The highest BCUT2D eigenvalue weighted by atomic mass is 35.5. The SMILES string of the molecule is CC(Cl)C(Cl)C(Cl)C(Cl)COC(Cl)CCCl. The van der Waals surface area contributed by atoms with Crippen LogP contribution in [0.2, 0.25) is 0 Å². The zero-order valence-electron chi connectivity index (χ0n) is 8.68. The number of alkyl halides is 6. The first-order valence-electron chi connectivity index (χ1n) is 4.78. The molecule has 0 saturated carbocycles. The molecule has 0 bridgehead atoms. The van der Waals surface area contributed by atoms with E-state index in [1.54, 1.807) is 6.92 Å². The van der Waals surface area contributed by atoms with Gasteiger partial charge in [-0.2, -0.15) is 0 Å². The van der Waals surface area contributed by atoms with E-state index in [1.165, 1.54) is 0 Å². The Bertz CT molecular complexity index is 179. The van der Waals surface area contributed by atoms with E-state index in [4.69, 9.17) is 74.3 Å². The van der Waals surface area contributed by atoms with Crippen LogP contribution < -0.4 is 0 Å². The van der Waals surface area contributed by atoms with Gasteiger partial charge in [0, 0.05) is 17.7 Å². The normalized spacial score (nSPS) is 21.2. The molecule has 16 heavy (non-hydrogen) atoms. The third kappa shape index (κ3) is 7.20. The molecule has 0 heterocycles. The van der Waals surface area contributed by atoms with Gasteiger partial charge in [-0.15, -0.1) is 58.0 Å². The quantitative estimate of drug-likeness (QED) is 0.579. The van der Waals surface area contributed by atoms with Gasteiger partial charge in [0.15, 0.2) is 0 Å². The third-order valence-electron chi connectivity index (χ3n) is 1.86. The maximum Gasteiger partial charge on any atom is 0.132 e. The molecule has 0 aliphatic rings. The zero-order chi connectivity index (χ0) is 12.7. The first kappa shape index (κ1) is 17.7. The van der Waals surface area contributed by atoms with Crippen LogP contribution in [0.25, 0.3) is 0 Å². The van der Waals surface area contributed by atoms with Gasteiger partial charge >= 0.3 is 0 Å². The molecule has 0 saturated heterocycles. The van der Waals surface area contributed by atoms with Crippen molar-refractivity contribution in [3.05, 3.63) is 0 Å². The molecule has 0 amide bonds. The van der Waals surface area contributed by atoms with Crippen molar-refractivity contribution in [1.29, 1.82) is 0 Å². The Kier molecular flexibility index (Phi) is 10.6. The Labute approximate surface area is 127 Å². The molecule has 0 aromatic carbocycles. The second-order valence-electron chi connectivity index (χ2n) is 3.30. The van der Waals surface area contributed by atoms with Crippen molar-refractivity contribution in [3.63, 3.8) is 0 Å². The third-order valence-corrected chi connectivity index (χ3v) is 4.70. The minimum Gasteiger partial charge on any atom is -0.361 e. The van der Waals surface area contributed by atoms with Crippen LogP contribution in [0.3, 0.4) is 0 Å². The largest absolute Gasteiger partial charge is 0.361 e. The van der Waals surface area contributed by atoms with E-state index in [0.29, 0.717) is 12.3 Å². The molecular weight excluding hydrogens is 337 g/mol. The van der Waals surface area contributed by atoms with Gasteiger partial charge in [0.2, 0.25) is 0 Å². The first-order chi connectivity index (χ1) is 7.40. The van der Waals surface area contributed by atoms with Gasteiger partial charge in [-0.05, 0) is 6.92 Å². The van der Waals surface area contributed by atoms with E-state index in [0.717, 1.165) is 0 Å². The van der Waals surface area contributed by atoms with Crippen molar-refractivity contribution in [2.45, 2.75) is 40.4 Å². The molecule has 5 unspecified atom stereocenters. The molecule has 98 valence electrons. The number of hydrogen-bond donors (Lipinski definition) is 0. The second kappa shape index (κ2) is 9.61. The predicted molar refractivity (Wildman–Crippen MR) is 75.2 cm³/mol. The fourth-order valence-corrected chi connectivity index (χ4v) is 2.40. The van der Waals surface area contributed by atoms with E-state index < -0.39 is 21.7 Å². The lowest BCUT2D eigenvalue weighted by Crippen LogP contribution is -2.34. The van der Waals surface area contributed by atoms with E-state index in [2.05, 4.69) is 0 Å². The maximum atomic E-state index is 6.04. The topological polar surface area (TPSA) is 9.23 Å². The van der Waals surface area contributed by atoms with Crippen molar-refractivity contribution in [1.82, 2.24) is 0 Å². The van der Waals surface area contributed by atoms with Gasteiger partial charge in [0.1, 0.15) is 5.56 Å². The highest BCUT2D eigenvalue weighted by Crippen LogP contribution is 2.24. The molecule has 0 fully saturated rings. The Balaban J connectivity index is 3.91. The molecule has 0 aromatic heterocycles. The summed E-state index contributed by atoms with van der Waals surface area (Å²) in [5.41, 5.74) is -0.454. The van der Waals surface area contributed by atoms with Gasteiger partial charge in [-0.25, -0.2) is 0 Å². The van der Waals surface area contributed by atoms with Crippen LogP contribution in [-0.2, 0) is 4.74 Å². The molecule has 0 rings (SSSR count). The second-order valence-corrected chi connectivity index (χ2v) is 6.43. The zero-order valence-corrected chi connectivity index (χ0v) is 13.2. The van der Waals surface area contributed by atoms with E-state index in [9.17, 15) is 0 Å². The van der Waals surface area contributed by atoms with E-state index in [1.807, 2.05) is 0 Å². The maximum absolute atomic E-state index is 6.04. The fourth-order valence-electron chi connectivity index (χ4n) is 0.910. The average Bonchev–Trinajstić information content (AvgIpc) is 2.24. The summed E-state index contributed by atoms with van der Waals surface area (Å²) in [6.45, 7) is 1.98. The highest BCUT2D eigenvalue weighted by molar-refractivity contribution is 6.38. The molecule has 5 atom stereocenters. The Morgan fingerprint density at radius 2 is 1.56 bits per heavy atom. The molecule has 0 aromatic rings. The number of halogens is 6. The van der Waals surface area contributed by atoms with Crippen LogP contribution in [0.1, 0.15) is 13.3 Å². The summed E-state index contributed by atoms with van der Waals surface area (Å²) in [7, 11) is 0. The van der Waals surface area contributed by atoms with Gasteiger partial charge in [-0.1, -0.05) is 11.6 Å². The number of rotatable bonds is 8. The van der Waals surface area contributed by atoms with Crippen LogP contribution >= 0.6 is 69.6 Å². The standard InChI is InChI=1S/C9H14Cl6O/c1-5(11)8(14)9(15)6(12)4-16-7(13)2-3-10/h5-9H,2-4H2,1H3. The first-order valence-corrected chi connectivity index (χ1v) is 7.49. The molecule has 1 nitrogen and oxygen atoms in total. The van der Waals surface area contributed by atoms with Gasteiger partial charge in [-0.3, -0.25) is 0 Å². The number of hydrogen-bond acceptors (Lipinski definition) is 1. The van der Waals surface area contributed by atoms with Crippen LogP contribution in [0.4, 0.5) is 0 Å². The lowest BCUT2D eigenvalue weighted by Gasteiger charge is -2.23. The molecule has 0 aliphatic heterocycles. The fraction of sp³-hybridized carbons (Fsp3) is 1.00. The van der Waals surface area contributed by atoms with Crippen LogP contribution in [0.5, 0.6) is 0 Å². The molecule has 7 heteroatoms. The predicted octanol–water partition coefficient (Wildman–Crippen LogP) is 4.65. The van der Waals surface area contributed by atoms with Crippen molar-refractivity contribution in [2.75, 3.05) is 12.5 Å². The smallest absolute Gasteiger partial charge is 0.132 e. The molecule has 0 radical (unpaired) electrons. The Morgan fingerprint density at radius 1 is 1.00 bits per heavy atom. The van der Waals surface area contributed by atoms with Crippen LogP contribution in [-0.4, -0.2) is 39.6 Å². The van der Waals surface area contributed by atoms with Crippen molar-refractivity contribution in [2.24, 2.45) is 0 Å². The summed E-state index contributed by atoms with van der Waals surface area (Å²) in [5, 5.41) is -1.60.